The number of nitrogens with one attached hydrogen (secondary N) is 2. The Morgan fingerprint density at radius 1 is 1.09 bits per heavy atom. The van der Waals surface area contributed by atoms with E-state index in [4.69, 9.17) is 14.7 Å². The van der Waals surface area contributed by atoms with Gasteiger partial charge in [0.1, 0.15) is 5.82 Å². The molecule has 2 aliphatic rings. The first kappa shape index (κ1) is 23.1. The Hall–Kier alpha value is -3.65. The molecule has 2 N–H and O–H groups in total. The van der Waals surface area contributed by atoms with Gasteiger partial charge in [-0.1, -0.05) is 18.2 Å². The number of carbonyl (C=O) groups excluding carboxylic acids is 1. The highest BCUT2D eigenvalue weighted by Gasteiger charge is 2.29. The SMILES string of the molecule is CCNC(=O)Nc1ccc(-c2nc3c(c(N4CCOCC4C)n2)CCN(c2ccccc2)C3)cc1. The van der Waals surface area contributed by atoms with Crippen molar-refractivity contribution in [3.8, 4) is 11.4 Å². The lowest BCUT2D eigenvalue weighted by molar-refractivity contribution is 0.0984. The first-order valence-corrected chi connectivity index (χ1v) is 12.3. The molecule has 2 aromatic carbocycles. The monoisotopic (exact) mass is 472 g/mol. The number of anilines is 3. The summed E-state index contributed by atoms with van der Waals surface area (Å²) in [6, 6.07) is 18.3. The van der Waals surface area contributed by atoms with Crippen LogP contribution in [0.2, 0.25) is 0 Å². The van der Waals surface area contributed by atoms with Crippen molar-refractivity contribution >= 4 is 23.2 Å². The summed E-state index contributed by atoms with van der Waals surface area (Å²) in [6.45, 7) is 8.57. The molecule has 8 heteroatoms. The van der Waals surface area contributed by atoms with Gasteiger partial charge in [-0.15, -0.1) is 0 Å². The standard InChI is InChI=1S/C27H32N6O2/c1-3-28-27(34)29-21-11-9-20(10-12-21)25-30-24-17-32(22-7-5-4-6-8-22)14-13-23(24)26(31-25)33-15-16-35-18-19(33)2/h4-12,19H,3,13-18H2,1-2H3,(H2,28,29,34). The Labute approximate surface area is 206 Å². The van der Waals surface area contributed by atoms with E-state index >= 15 is 0 Å². The smallest absolute Gasteiger partial charge is 0.319 e. The van der Waals surface area contributed by atoms with Crippen LogP contribution in [0, 0.1) is 0 Å². The molecule has 0 radical (unpaired) electrons. The molecule has 1 saturated heterocycles. The van der Waals surface area contributed by atoms with Gasteiger partial charge in [-0.25, -0.2) is 14.8 Å². The summed E-state index contributed by atoms with van der Waals surface area (Å²) in [5, 5.41) is 5.59. The predicted octanol–water partition coefficient (Wildman–Crippen LogP) is 4.07. The van der Waals surface area contributed by atoms with Gasteiger partial charge in [-0.3, -0.25) is 0 Å². The van der Waals surface area contributed by atoms with Crippen LogP contribution in [0.4, 0.5) is 22.0 Å². The fourth-order valence-corrected chi connectivity index (χ4v) is 4.72. The number of morpholine rings is 1. The molecule has 1 unspecified atom stereocenters. The molecule has 0 aliphatic carbocycles. The maximum atomic E-state index is 11.9. The molecule has 2 aliphatic heterocycles. The molecule has 0 saturated carbocycles. The highest BCUT2D eigenvalue weighted by molar-refractivity contribution is 5.89. The molecule has 1 atom stereocenters. The van der Waals surface area contributed by atoms with Crippen LogP contribution >= 0.6 is 0 Å². The van der Waals surface area contributed by atoms with Crippen molar-refractivity contribution in [2.75, 3.05) is 48.0 Å². The van der Waals surface area contributed by atoms with Crippen LogP contribution in [-0.4, -0.2) is 54.9 Å². The summed E-state index contributed by atoms with van der Waals surface area (Å²) in [5.74, 6) is 1.73. The Morgan fingerprint density at radius 3 is 2.63 bits per heavy atom. The van der Waals surface area contributed by atoms with E-state index in [1.54, 1.807) is 0 Å². The Morgan fingerprint density at radius 2 is 1.89 bits per heavy atom. The largest absolute Gasteiger partial charge is 0.377 e. The number of carbonyl (C=O) groups is 1. The lowest BCUT2D eigenvalue weighted by atomic mass is 10.0. The number of urea groups is 1. The third-order valence-electron chi connectivity index (χ3n) is 6.54. The summed E-state index contributed by atoms with van der Waals surface area (Å²) in [6.07, 6.45) is 0.902. The third kappa shape index (κ3) is 5.07. The topological polar surface area (TPSA) is 82.6 Å². The first-order chi connectivity index (χ1) is 17.1. The minimum absolute atomic E-state index is 0.213. The molecular weight excluding hydrogens is 440 g/mol. The van der Waals surface area contributed by atoms with Crippen molar-refractivity contribution in [2.24, 2.45) is 0 Å². The van der Waals surface area contributed by atoms with E-state index in [0.717, 1.165) is 48.8 Å². The quantitative estimate of drug-likeness (QED) is 0.583. The van der Waals surface area contributed by atoms with Crippen LogP contribution in [0.3, 0.4) is 0 Å². The Kier molecular flexibility index (Phi) is 6.81. The van der Waals surface area contributed by atoms with Gasteiger partial charge in [0, 0.05) is 42.1 Å². The van der Waals surface area contributed by atoms with Crippen LogP contribution in [0.25, 0.3) is 11.4 Å². The summed E-state index contributed by atoms with van der Waals surface area (Å²) in [5.41, 5.74) is 5.18. The van der Waals surface area contributed by atoms with E-state index < -0.39 is 0 Å². The van der Waals surface area contributed by atoms with E-state index in [1.807, 2.05) is 37.3 Å². The summed E-state index contributed by atoms with van der Waals surface area (Å²) >= 11 is 0. The Bertz CT molecular complexity index is 1170. The van der Waals surface area contributed by atoms with Crippen molar-refractivity contribution in [1.82, 2.24) is 15.3 Å². The highest BCUT2D eigenvalue weighted by Crippen LogP contribution is 2.33. The van der Waals surface area contributed by atoms with Gasteiger partial charge in [0.25, 0.3) is 0 Å². The average molecular weight is 473 g/mol. The summed E-state index contributed by atoms with van der Waals surface area (Å²) < 4.78 is 5.70. The summed E-state index contributed by atoms with van der Waals surface area (Å²) in [4.78, 5) is 26.7. The van der Waals surface area contributed by atoms with E-state index in [0.29, 0.717) is 25.6 Å². The molecule has 1 fully saturated rings. The van der Waals surface area contributed by atoms with Crippen LogP contribution in [0.1, 0.15) is 25.1 Å². The van der Waals surface area contributed by atoms with Crippen LogP contribution < -0.4 is 20.4 Å². The number of hydrogen-bond acceptors (Lipinski definition) is 6. The molecule has 1 aromatic heterocycles. The van der Waals surface area contributed by atoms with Gasteiger partial charge in [-0.2, -0.15) is 0 Å². The van der Waals surface area contributed by atoms with E-state index in [-0.39, 0.29) is 12.1 Å². The summed E-state index contributed by atoms with van der Waals surface area (Å²) in [7, 11) is 0. The number of para-hydroxylation sites is 1. The van der Waals surface area contributed by atoms with Crippen LogP contribution in [0.5, 0.6) is 0 Å². The minimum atomic E-state index is -0.213. The van der Waals surface area contributed by atoms with Crippen molar-refractivity contribution in [3.05, 3.63) is 65.9 Å². The van der Waals surface area contributed by atoms with E-state index in [9.17, 15) is 4.79 Å². The average Bonchev–Trinajstić information content (AvgIpc) is 2.89. The number of benzene rings is 2. The van der Waals surface area contributed by atoms with Gasteiger partial charge >= 0.3 is 6.03 Å². The molecule has 3 heterocycles. The lowest BCUT2D eigenvalue weighted by Crippen LogP contribution is -2.45. The van der Waals surface area contributed by atoms with Crippen molar-refractivity contribution in [1.29, 1.82) is 0 Å². The van der Waals surface area contributed by atoms with Gasteiger partial charge in [0.05, 0.1) is 31.5 Å². The fraction of sp³-hybridized carbons (Fsp3) is 0.370. The number of aromatic nitrogens is 2. The second-order valence-corrected chi connectivity index (χ2v) is 8.98. The Balaban J connectivity index is 1.49. The number of fused-ring (bicyclic) bond motifs is 1. The zero-order chi connectivity index (χ0) is 24.2. The second kappa shape index (κ2) is 10.3. The van der Waals surface area contributed by atoms with E-state index in [1.165, 1.54) is 11.3 Å². The van der Waals surface area contributed by atoms with Gasteiger partial charge in [0.2, 0.25) is 0 Å². The minimum Gasteiger partial charge on any atom is -0.377 e. The zero-order valence-electron chi connectivity index (χ0n) is 20.3. The lowest BCUT2D eigenvalue weighted by Gasteiger charge is -2.38. The van der Waals surface area contributed by atoms with Crippen LogP contribution in [0.15, 0.2) is 54.6 Å². The molecule has 3 aromatic rings. The molecular formula is C27H32N6O2. The molecule has 8 nitrogen and oxygen atoms in total. The molecule has 2 amide bonds. The van der Waals surface area contributed by atoms with Gasteiger partial charge < -0.3 is 25.2 Å². The van der Waals surface area contributed by atoms with Crippen molar-refractivity contribution < 1.29 is 9.53 Å². The van der Waals surface area contributed by atoms with Gasteiger partial charge in [0.15, 0.2) is 5.82 Å². The number of amides is 2. The highest BCUT2D eigenvalue weighted by atomic mass is 16.5. The maximum absolute atomic E-state index is 11.9. The fourth-order valence-electron chi connectivity index (χ4n) is 4.72. The second-order valence-electron chi connectivity index (χ2n) is 8.98. The third-order valence-corrected chi connectivity index (χ3v) is 6.54. The van der Waals surface area contributed by atoms with Crippen molar-refractivity contribution in [2.45, 2.75) is 32.9 Å². The number of ether oxygens (including phenoxy) is 1. The first-order valence-electron chi connectivity index (χ1n) is 12.3. The number of nitrogens with zero attached hydrogens (tertiary/aromatic N) is 4. The number of hydrogen-bond donors (Lipinski definition) is 2. The molecule has 182 valence electrons. The number of rotatable bonds is 5. The zero-order valence-corrected chi connectivity index (χ0v) is 20.3. The van der Waals surface area contributed by atoms with Gasteiger partial charge in [-0.05, 0) is 56.7 Å². The van der Waals surface area contributed by atoms with Crippen molar-refractivity contribution in [3.63, 3.8) is 0 Å². The molecule has 0 spiro atoms. The molecule has 35 heavy (non-hydrogen) atoms. The maximum Gasteiger partial charge on any atom is 0.319 e. The molecule has 0 bridgehead atoms. The van der Waals surface area contributed by atoms with E-state index in [2.05, 4.69) is 51.6 Å². The normalized spacial score (nSPS) is 17.6. The predicted molar refractivity (Wildman–Crippen MR) is 139 cm³/mol. The van der Waals surface area contributed by atoms with Crippen LogP contribution in [-0.2, 0) is 17.7 Å². The molecule has 5 rings (SSSR count).